The van der Waals surface area contributed by atoms with Crippen LogP contribution in [0.4, 0.5) is 10.1 Å². The average Bonchev–Trinajstić information content (AvgIpc) is 3.54. The Morgan fingerprint density at radius 1 is 1.08 bits per heavy atom. The molecule has 0 unspecified atom stereocenters. The highest BCUT2D eigenvalue weighted by molar-refractivity contribution is 8.15. The van der Waals surface area contributed by atoms with Crippen LogP contribution >= 0.6 is 11.8 Å². The van der Waals surface area contributed by atoms with Gasteiger partial charge in [-0.05, 0) is 55.0 Å². The summed E-state index contributed by atoms with van der Waals surface area (Å²) in [5.41, 5.74) is 4.01. The molecule has 0 fully saturated rings. The largest absolute Gasteiger partial charge is 0.497 e. The van der Waals surface area contributed by atoms with Crippen molar-refractivity contribution in [1.82, 2.24) is 5.01 Å². The van der Waals surface area contributed by atoms with E-state index in [1.807, 2.05) is 37.3 Å². The first-order chi connectivity index (χ1) is 18.8. The van der Waals surface area contributed by atoms with Gasteiger partial charge in [-0.3, -0.25) is 9.59 Å². The Morgan fingerprint density at radius 3 is 2.51 bits per heavy atom. The fourth-order valence-corrected chi connectivity index (χ4v) is 5.52. The van der Waals surface area contributed by atoms with Crippen molar-refractivity contribution < 1.29 is 23.5 Å². The molecular formula is C29H27FN4O4S. The van der Waals surface area contributed by atoms with Crippen molar-refractivity contribution in [2.75, 3.05) is 19.5 Å². The number of amides is 2. The highest BCUT2D eigenvalue weighted by atomic mass is 32.2. The molecule has 1 N–H and O–H groups in total. The molecule has 0 aliphatic carbocycles. The van der Waals surface area contributed by atoms with Crippen molar-refractivity contribution in [1.29, 1.82) is 0 Å². The lowest BCUT2D eigenvalue weighted by Gasteiger charge is -2.23. The lowest BCUT2D eigenvalue weighted by Crippen LogP contribution is -2.25. The van der Waals surface area contributed by atoms with Crippen molar-refractivity contribution in [3.63, 3.8) is 0 Å². The smallest absolute Gasteiger partial charge is 0.262 e. The predicted molar refractivity (Wildman–Crippen MR) is 150 cm³/mol. The van der Waals surface area contributed by atoms with Gasteiger partial charge in [0, 0.05) is 24.1 Å². The molecule has 2 heterocycles. The van der Waals surface area contributed by atoms with Crippen LogP contribution in [0.2, 0.25) is 0 Å². The Bertz CT molecular complexity index is 1460. The second kappa shape index (κ2) is 11.3. The first-order valence-corrected chi connectivity index (χ1v) is 13.2. The number of aryl methyl sites for hydroxylation is 1. The zero-order chi connectivity index (χ0) is 27.5. The third-order valence-electron chi connectivity index (χ3n) is 6.51. The molecule has 0 radical (unpaired) electrons. The average molecular weight is 547 g/mol. The quantitative estimate of drug-likeness (QED) is 0.431. The SMILES string of the molecule is COc1ccc(OC)c(C2=NN(C3=NC(=O)[C@H](CC(=O)Nc4ccc(C)cc4)S3)[C@H](c3ccc(F)cc3)C2)c1. The van der Waals surface area contributed by atoms with Crippen molar-refractivity contribution in [3.05, 3.63) is 89.2 Å². The minimum atomic E-state index is -0.676. The molecule has 5 rings (SSSR count). The van der Waals surface area contributed by atoms with Crippen LogP contribution in [0.25, 0.3) is 0 Å². The fraction of sp³-hybridized carbons (Fsp3) is 0.241. The Kier molecular flexibility index (Phi) is 7.65. The molecule has 2 atom stereocenters. The molecule has 0 saturated heterocycles. The van der Waals surface area contributed by atoms with Gasteiger partial charge in [0.2, 0.25) is 5.91 Å². The topological polar surface area (TPSA) is 92.6 Å². The summed E-state index contributed by atoms with van der Waals surface area (Å²) in [4.78, 5) is 29.8. The van der Waals surface area contributed by atoms with Gasteiger partial charge < -0.3 is 14.8 Å². The number of hydrogen-bond acceptors (Lipinski definition) is 7. The van der Waals surface area contributed by atoms with Crippen LogP contribution in [0.3, 0.4) is 0 Å². The van der Waals surface area contributed by atoms with E-state index in [0.29, 0.717) is 34.5 Å². The number of rotatable bonds is 7. The summed E-state index contributed by atoms with van der Waals surface area (Å²) >= 11 is 1.20. The van der Waals surface area contributed by atoms with Crippen LogP contribution < -0.4 is 14.8 Å². The second-order valence-electron chi connectivity index (χ2n) is 9.19. The second-order valence-corrected chi connectivity index (χ2v) is 10.4. The van der Waals surface area contributed by atoms with E-state index in [2.05, 4.69) is 10.3 Å². The number of halogens is 1. The van der Waals surface area contributed by atoms with E-state index < -0.39 is 11.2 Å². The number of nitrogens with zero attached hydrogens (tertiary/aromatic N) is 3. The highest BCUT2D eigenvalue weighted by Gasteiger charge is 2.39. The molecule has 3 aromatic rings. The van der Waals surface area contributed by atoms with Crippen LogP contribution in [-0.2, 0) is 9.59 Å². The maximum Gasteiger partial charge on any atom is 0.262 e. The zero-order valence-electron chi connectivity index (χ0n) is 21.7. The maximum atomic E-state index is 13.7. The first kappa shape index (κ1) is 26.4. The van der Waals surface area contributed by atoms with Gasteiger partial charge in [0.25, 0.3) is 5.91 Å². The molecular weight excluding hydrogens is 519 g/mol. The number of carbonyl (C=O) groups is 2. The van der Waals surface area contributed by atoms with Gasteiger partial charge in [-0.15, -0.1) is 0 Å². The number of hydrogen-bond donors (Lipinski definition) is 1. The van der Waals surface area contributed by atoms with Crippen LogP contribution in [-0.4, -0.2) is 47.2 Å². The van der Waals surface area contributed by atoms with Gasteiger partial charge in [0.05, 0.1) is 26.0 Å². The molecule has 39 heavy (non-hydrogen) atoms. The standard InChI is InChI=1S/C29H27FN4O4S/c1-17-4-10-20(11-5-17)31-27(35)16-26-28(36)32-29(39-26)34-24(18-6-8-19(30)9-7-18)15-23(33-34)22-14-21(37-2)12-13-25(22)38-3/h4-14,24,26H,15-16H2,1-3H3,(H,31,35)/t24-,26-/m0/s1. The molecule has 200 valence electrons. The van der Waals surface area contributed by atoms with E-state index in [-0.39, 0.29) is 24.2 Å². The highest BCUT2D eigenvalue weighted by Crippen LogP contribution is 2.40. The normalized spacial score (nSPS) is 18.6. The summed E-state index contributed by atoms with van der Waals surface area (Å²) in [6.45, 7) is 1.97. The Labute approximate surface area is 229 Å². The minimum Gasteiger partial charge on any atom is -0.497 e. The molecule has 0 bridgehead atoms. The minimum absolute atomic E-state index is 0.0281. The number of thioether (sulfide) groups is 1. The summed E-state index contributed by atoms with van der Waals surface area (Å²) in [5.74, 6) is 0.253. The third kappa shape index (κ3) is 5.80. The molecule has 10 heteroatoms. The summed E-state index contributed by atoms with van der Waals surface area (Å²) in [6, 6.07) is 18.7. The lowest BCUT2D eigenvalue weighted by atomic mass is 9.98. The zero-order valence-corrected chi connectivity index (χ0v) is 22.5. The Hall–Kier alpha value is -4.18. The summed E-state index contributed by atoms with van der Waals surface area (Å²) in [7, 11) is 3.16. The van der Waals surface area contributed by atoms with E-state index in [1.165, 1.54) is 23.9 Å². The van der Waals surface area contributed by atoms with Crippen molar-refractivity contribution >= 4 is 40.1 Å². The fourth-order valence-electron chi connectivity index (χ4n) is 4.46. The van der Waals surface area contributed by atoms with Crippen molar-refractivity contribution in [2.45, 2.75) is 31.1 Å². The number of methoxy groups -OCH3 is 2. The number of hydrazone groups is 1. The van der Waals surface area contributed by atoms with E-state index in [1.54, 1.807) is 43.5 Å². The van der Waals surface area contributed by atoms with Crippen LogP contribution in [0.1, 0.15) is 35.6 Å². The summed E-state index contributed by atoms with van der Waals surface area (Å²) < 4.78 is 24.7. The predicted octanol–water partition coefficient (Wildman–Crippen LogP) is 5.33. The lowest BCUT2D eigenvalue weighted by molar-refractivity contribution is -0.121. The summed E-state index contributed by atoms with van der Waals surface area (Å²) in [6.07, 6.45) is 0.432. The number of nitrogens with one attached hydrogen (secondary N) is 1. The molecule has 2 amide bonds. The van der Waals surface area contributed by atoms with Crippen molar-refractivity contribution in [2.24, 2.45) is 10.1 Å². The van der Waals surface area contributed by atoms with Gasteiger partial charge in [0.15, 0.2) is 5.17 Å². The van der Waals surface area contributed by atoms with Crippen molar-refractivity contribution in [3.8, 4) is 11.5 Å². The Balaban J connectivity index is 1.40. The summed E-state index contributed by atoms with van der Waals surface area (Å²) in [5, 5.41) is 9.07. The van der Waals surface area contributed by atoms with Gasteiger partial charge >= 0.3 is 0 Å². The van der Waals surface area contributed by atoms with E-state index in [4.69, 9.17) is 14.6 Å². The maximum absolute atomic E-state index is 13.7. The number of anilines is 1. The molecule has 3 aromatic carbocycles. The van der Waals surface area contributed by atoms with E-state index in [9.17, 15) is 14.0 Å². The molecule has 0 aromatic heterocycles. The van der Waals surface area contributed by atoms with E-state index in [0.717, 1.165) is 16.7 Å². The van der Waals surface area contributed by atoms with Gasteiger partial charge in [-0.2, -0.15) is 10.1 Å². The molecule has 8 nitrogen and oxygen atoms in total. The first-order valence-electron chi connectivity index (χ1n) is 12.3. The number of benzene rings is 3. The van der Waals surface area contributed by atoms with E-state index >= 15 is 0 Å². The number of amidine groups is 1. The van der Waals surface area contributed by atoms with Gasteiger partial charge in [-0.25, -0.2) is 9.40 Å². The molecule has 2 aliphatic rings. The number of carbonyl (C=O) groups excluding carboxylic acids is 2. The Morgan fingerprint density at radius 2 is 1.82 bits per heavy atom. The number of aliphatic imine (C=N–C) groups is 1. The van der Waals surface area contributed by atoms with Gasteiger partial charge in [-0.1, -0.05) is 41.6 Å². The molecule has 0 spiro atoms. The monoisotopic (exact) mass is 546 g/mol. The van der Waals surface area contributed by atoms with Gasteiger partial charge in [0.1, 0.15) is 22.6 Å². The molecule has 0 saturated carbocycles. The van der Waals surface area contributed by atoms with Crippen LogP contribution in [0, 0.1) is 12.7 Å². The van der Waals surface area contributed by atoms with Crippen LogP contribution in [0.15, 0.2) is 76.8 Å². The molecule has 2 aliphatic heterocycles. The van der Waals surface area contributed by atoms with Crippen LogP contribution in [0.5, 0.6) is 11.5 Å². The number of ether oxygens (including phenoxy) is 2. The third-order valence-corrected chi connectivity index (χ3v) is 7.66.